The summed E-state index contributed by atoms with van der Waals surface area (Å²) in [6, 6.07) is 8.90. The second kappa shape index (κ2) is 9.51. The molecule has 1 N–H and O–H groups in total. The summed E-state index contributed by atoms with van der Waals surface area (Å²) in [6.07, 6.45) is 2.09. The molecule has 0 unspecified atom stereocenters. The Morgan fingerprint density at radius 1 is 1.26 bits per heavy atom. The number of nitrogens with one attached hydrogen (secondary N) is 1. The predicted octanol–water partition coefficient (Wildman–Crippen LogP) is 4.56. The van der Waals surface area contributed by atoms with Crippen LogP contribution in [0.2, 0.25) is 0 Å². The highest BCUT2D eigenvalue weighted by Gasteiger charge is 2.39. The first-order chi connectivity index (χ1) is 16.7. The van der Waals surface area contributed by atoms with Crippen LogP contribution in [0.25, 0.3) is 10.2 Å². The van der Waals surface area contributed by atoms with Crippen molar-refractivity contribution in [1.82, 2.24) is 4.98 Å². The van der Waals surface area contributed by atoms with Crippen molar-refractivity contribution in [3.8, 4) is 5.75 Å². The molecule has 1 aliphatic carbocycles. The molecule has 8 nitrogen and oxygen atoms in total. The summed E-state index contributed by atoms with van der Waals surface area (Å²) in [7, 11) is -3.82. The summed E-state index contributed by atoms with van der Waals surface area (Å²) < 4.78 is 33.7. The van der Waals surface area contributed by atoms with Gasteiger partial charge < -0.3 is 15.0 Å². The zero-order chi connectivity index (χ0) is 24.7. The molecule has 2 aliphatic rings. The number of amides is 2. The topological polar surface area (TPSA) is 106 Å². The van der Waals surface area contributed by atoms with Crippen molar-refractivity contribution in [3.63, 3.8) is 0 Å². The standard InChI is InChI=1S/C24H24BrN3O5S2/c1-2-33-17-5-6-18-19(13-17)34-24(26-18)27-21(29)8-10-35(31,32)20-12-16(25)11-15-7-9-28(22(15)20)23(30)14-3-4-14/h5-6,11-14H,2-4,7-10H2,1H3,(H,26,27,29). The van der Waals surface area contributed by atoms with Crippen LogP contribution in [0.3, 0.4) is 0 Å². The van der Waals surface area contributed by atoms with Gasteiger partial charge in [0.2, 0.25) is 11.8 Å². The first kappa shape index (κ1) is 24.2. The molecule has 1 aliphatic heterocycles. The maximum atomic E-state index is 13.3. The number of anilines is 2. The molecule has 0 spiro atoms. The Morgan fingerprint density at radius 2 is 2.06 bits per heavy atom. The number of ether oxygens (including phenoxy) is 1. The third kappa shape index (κ3) is 5.07. The van der Waals surface area contributed by atoms with Gasteiger partial charge in [0, 0.05) is 23.4 Å². The molecule has 0 saturated heterocycles. The summed E-state index contributed by atoms with van der Waals surface area (Å²) in [6.45, 7) is 2.93. The maximum absolute atomic E-state index is 13.3. The van der Waals surface area contributed by atoms with E-state index in [0.717, 1.165) is 34.4 Å². The molecule has 2 aromatic carbocycles. The number of rotatable bonds is 8. The number of fused-ring (bicyclic) bond motifs is 2. The first-order valence-electron chi connectivity index (χ1n) is 11.4. The largest absolute Gasteiger partial charge is 0.494 e. The number of hydrogen-bond donors (Lipinski definition) is 1. The average Bonchev–Trinajstić information content (AvgIpc) is 3.46. The molecule has 1 fully saturated rings. The van der Waals surface area contributed by atoms with Gasteiger partial charge in [0.15, 0.2) is 15.0 Å². The number of carbonyl (C=O) groups excluding carboxylic acids is 2. The Labute approximate surface area is 215 Å². The number of benzene rings is 2. The minimum atomic E-state index is -3.82. The molecule has 0 radical (unpaired) electrons. The van der Waals surface area contributed by atoms with Crippen molar-refractivity contribution in [3.05, 3.63) is 40.4 Å². The average molecular weight is 579 g/mol. The second-order valence-electron chi connectivity index (χ2n) is 8.62. The van der Waals surface area contributed by atoms with Crippen LogP contribution in [-0.2, 0) is 25.8 Å². The molecule has 5 rings (SSSR count). The number of aromatic nitrogens is 1. The van der Waals surface area contributed by atoms with Gasteiger partial charge in [-0.25, -0.2) is 13.4 Å². The van der Waals surface area contributed by atoms with E-state index in [2.05, 4.69) is 26.2 Å². The monoisotopic (exact) mass is 577 g/mol. The van der Waals surface area contributed by atoms with Crippen molar-refractivity contribution < 1.29 is 22.7 Å². The molecule has 1 saturated carbocycles. The van der Waals surface area contributed by atoms with Gasteiger partial charge in [-0.3, -0.25) is 9.59 Å². The fourth-order valence-electron chi connectivity index (χ4n) is 4.21. The van der Waals surface area contributed by atoms with Crippen LogP contribution in [0.15, 0.2) is 39.7 Å². The first-order valence-corrected chi connectivity index (χ1v) is 14.7. The Hall–Kier alpha value is -2.50. The van der Waals surface area contributed by atoms with Crippen LogP contribution in [0.4, 0.5) is 10.8 Å². The minimum absolute atomic E-state index is 0.00986. The smallest absolute Gasteiger partial charge is 0.230 e. The Morgan fingerprint density at radius 3 is 2.80 bits per heavy atom. The number of thiazole rings is 1. The fraction of sp³-hybridized carbons (Fsp3) is 0.375. The molecule has 2 heterocycles. The predicted molar refractivity (Wildman–Crippen MR) is 139 cm³/mol. The van der Waals surface area contributed by atoms with E-state index in [9.17, 15) is 18.0 Å². The van der Waals surface area contributed by atoms with E-state index in [1.54, 1.807) is 4.90 Å². The van der Waals surface area contributed by atoms with Gasteiger partial charge in [0.25, 0.3) is 0 Å². The molecular formula is C24H24BrN3O5S2. The molecular weight excluding hydrogens is 554 g/mol. The van der Waals surface area contributed by atoms with Crippen LogP contribution in [0.5, 0.6) is 5.75 Å². The summed E-state index contributed by atoms with van der Waals surface area (Å²) >= 11 is 4.70. The quantitative estimate of drug-likeness (QED) is 0.420. The van der Waals surface area contributed by atoms with Gasteiger partial charge in [-0.1, -0.05) is 27.3 Å². The Kier molecular flexibility index (Phi) is 6.58. The van der Waals surface area contributed by atoms with Gasteiger partial charge in [0.1, 0.15) is 5.75 Å². The molecule has 0 bridgehead atoms. The fourth-order valence-corrected chi connectivity index (χ4v) is 7.29. The summed E-state index contributed by atoms with van der Waals surface area (Å²) in [5, 5.41) is 3.11. The lowest BCUT2D eigenvalue weighted by Gasteiger charge is -2.20. The van der Waals surface area contributed by atoms with E-state index in [-0.39, 0.29) is 28.9 Å². The summed E-state index contributed by atoms with van der Waals surface area (Å²) in [5.74, 6) is -0.0985. The normalized spacial score (nSPS) is 15.3. The summed E-state index contributed by atoms with van der Waals surface area (Å²) in [5.41, 5.74) is 2.03. The van der Waals surface area contributed by atoms with Crippen molar-refractivity contribution in [2.45, 2.75) is 37.5 Å². The maximum Gasteiger partial charge on any atom is 0.230 e. The van der Waals surface area contributed by atoms with Gasteiger partial charge >= 0.3 is 0 Å². The Balaban J connectivity index is 1.31. The zero-order valence-corrected chi connectivity index (χ0v) is 22.3. The molecule has 2 amide bonds. The molecule has 11 heteroatoms. The highest BCUT2D eigenvalue weighted by Crippen LogP contribution is 2.41. The van der Waals surface area contributed by atoms with E-state index in [0.29, 0.717) is 34.9 Å². The number of sulfone groups is 1. The van der Waals surface area contributed by atoms with Crippen LogP contribution in [0.1, 0.15) is 31.7 Å². The summed E-state index contributed by atoms with van der Waals surface area (Å²) in [4.78, 5) is 31.5. The van der Waals surface area contributed by atoms with Crippen LogP contribution in [0, 0.1) is 5.92 Å². The molecule has 3 aromatic rings. The highest BCUT2D eigenvalue weighted by atomic mass is 79.9. The third-order valence-electron chi connectivity index (χ3n) is 6.04. The van der Waals surface area contributed by atoms with Gasteiger partial charge in [-0.15, -0.1) is 0 Å². The molecule has 184 valence electrons. The Bertz CT molecular complexity index is 1430. The lowest BCUT2D eigenvalue weighted by atomic mass is 10.2. The highest BCUT2D eigenvalue weighted by molar-refractivity contribution is 9.10. The van der Waals surface area contributed by atoms with Crippen molar-refractivity contribution in [1.29, 1.82) is 0 Å². The number of hydrogen-bond acceptors (Lipinski definition) is 7. The van der Waals surface area contributed by atoms with Crippen molar-refractivity contribution >= 4 is 70.0 Å². The zero-order valence-electron chi connectivity index (χ0n) is 19.0. The van der Waals surface area contributed by atoms with Crippen LogP contribution < -0.4 is 15.0 Å². The van der Waals surface area contributed by atoms with Gasteiger partial charge in [-0.05, 0) is 62.1 Å². The van der Waals surface area contributed by atoms with E-state index < -0.39 is 15.7 Å². The van der Waals surface area contributed by atoms with Crippen LogP contribution >= 0.6 is 27.3 Å². The minimum Gasteiger partial charge on any atom is -0.494 e. The van der Waals surface area contributed by atoms with E-state index in [1.165, 1.54) is 17.4 Å². The third-order valence-corrected chi connectivity index (χ3v) is 9.15. The lowest BCUT2D eigenvalue weighted by molar-refractivity contribution is -0.119. The molecule has 35 heavy (non-hydrogen) atoms. The van der Waals surface area contributed by atoms with E-state index in [1.807, 2.05) is 31.2 Å². The van der Waals surface area contributed by atoms with Gasteiger partial charge in [-0.2, -0.15) is 0 Å². The van der Waals surface area contributed by atoms with Crippen LogP contribution in [-0.4, -0.2) is 44.1 Å². The van der Waals surface area contributed by atoms with E-state index in [4.69, 9.17) is 4.74 Å². The van der Waals surface area contributed by atoms with Crippen molar-refractivity contribution in [2.75, 3.05) is 29.1 Å². The van der Waals surface area contributed by atoms with E-state index >= 15 is 0 Å². The molecule has 1 aromatic heterocycles. The second-order valence-corrected chi connectivity index (χ2v) is 12.6. The lowest BCUT2D eigenvalue weighted by Crippen LogP contribution is -2.31. The molecule has 0 atom stereocenters. The SMILES string of the molecule is CCOc1ccc2nc(NC(=O)CCS(=O)(=O)c3cc(Br)cc4c3N(C(=O)C3CC3)CC4)sc2c1. The number of nitrogens with zero attached hydrogens (tertiary/aromatic N) is 2. The number of carbonyl (C=O) groups is 2. The van der Waals surface area contributed by atoms with Gasteiger partial charge in [0.05, 0.1) is 33.2 Å². The number of halogens is 1. The van der Waals surface area contributed by atoms with Crippen molar-refractivity contribution in [2.24, 2.45) is 5.92 Å².